The number of primary amides is 1. The van der Waals surface area contributed by atoms with Gasteiger partial charge in [-0.15, -0.1) is 0 Å². The maximum atomic E-state index is 12.5. The molecule has 5 nitrogen and oxygen atoms in total. The number of amides is 2. The van der Waals surface area contributed by atoms with Crippen molar-refractivity contribution in [1.29, 1.82) is 0 Å². The van der Waals surface area contributed by atoms with Crippen LogP contribution in [0.4, 0.5) is 0 Å². The van der Waals surface area contributed by atoms with Gasteiger partial charge < -0.3 is 16.4 Å². The number of nitrogens with two attached hydrogens (primary N) is 2. The van der Waals surface area contributed by atoms with Crippen molar-refractivity contribution in [3.05, 3.63) is 35.4 Å². The standard InChI is InChI=1S/C16H23N3O2/c1-11-4-6-13(7-5-11)15(18)16(21)19-8-2-3-12(10-19)9-14(17)20/h4-7,12,15H,2-3,8-10,18H2,1H3,(H2,17,20). The number of piperidine rings is 1. The second-order valence-electron chi connectivity index (χ2n) is 5.85. The highest BCUT2D eigenvalue weighted by Crippen LogP contribution is 2.22. The molecule has 0 radical (unpaired) electrons. The Morgan fingerprint density at radius 1 is 1.33 bits per heavy atom. The van der Waals surface area contributed by atoms with Crippen LogP contribution in [0, 0.1) is 12.8 Å². The van der Waals surface area contributed by atoms with Gasteiger partial charge in [0.25, 0.3) is 0 Å². The second-order valence-corrected chi connectivity index (χ2v) is 5.85. The molecule has 114 valence electrons. The van der Waals surface area contributed by atoms with Crippen molar-refractivity contribution < 1.29 is 9.59 Å². The topological polar surface area (TPSA) is 89.4 Å². The summed E-state index contributed by atoms with van der Waals surface area (Å²) in [5.41, 5.74) is 13.3. The number of hydrogen-bond donors (Lipinski definition) is 2. The Labute approximate surface area is 125 Å². The Bertz CT molecular complexity index is 513. The maximum Gasteiger partial charge on any atom is 0.244 e. The average molecular weight is 289 g/mol. The summed E-state index contributed by atoms with van der Waals surface area (Å²) in [6.45, 7) is 3.27. The molecular weight excluding hydrogens is 266 g/mol. The highest BCUT2D eigenvalue weighted by atomic mass is 16.2. The molecule has 1 aliphatic rings. The summed E-state index contributed by atoms with van der Waals surface area (Å²) in [7, 11) is 0. The Morgan fingerprint density at radius 3 is 2.62 bits per heavy atom. The third-order valence-electron chi connectivity index (χ3n) is 4.02. The zero-order chi connectivity index (χ0) is 15.4. The first-order valence-electron chi connectivity index (χ1n) is 7.36. The summed E-state index contributed by atoms with van der Waals surface area (Å²) in [6.07, 6.45) is 2.17. The molecule has 2 atom stereocenters. The Kier molecular flexibility index (Phi) is 4.96. The first-order chi connectivity index (χ1) is 9.97. The average Bonchev–Trinajstić information content (AvgIpc) is 2.46. The number of carbonyl (C=O) groups excluding carboxylic acids is 2. The SMILES string of the molecule is Cc1ccc(C(N)C(=O)N2CCCC(CC(N)=O)C2)cc1. The van der Waals surface area contributed by atoms with E-state index in [0.29, 0.717) is 19.5 Å². The summed E-state index contributed by atoms with van der Waals surface area (Å²) in [5.74, 6) is -0.226. The van der Waals surface area contributed by atoms with Crippen molar-refractivity contribution in [3.8, 4) is 0 Å². The van der Waals surface area contributed by atoms with E-state index >= 15 is 0 Å². The molecule has 2 amide bonds. The largest absolute Gasteiger partial charge is 0.370 e. The van der Waals surface area contributed by atoms with Gasteiger partial charge in [0.1, 0.15) is 6.04 Å². The fourth-order valence-electron chi connectivity index (χ4n) is 2.83. The zero-order valence-electron chi connectivity index (χ0n) is 12.4. The first kappa shape index (κ1) is 15.5. The maximum absolute atomic E-state index is 12.5. The van der Waals surface area contributed by atoms with Gasteiger partial charge in [0.2, 0.25) is 11.8 Å². The van der Waals surface area contributed by atoms with E-state index in [0.717, 1.165) is 24.0 Å². The highest BCUT2D eigenvalue weighted by molar-refractivity contribution is 5.83. The van der Waals surface area contributed by atoms with Gasteiger partial charge in [0.15, 0.2) is 0 Å². The Hall–Kier alpha value is -1.88. The van der Waals surface area contributed by atoms with E-state index in [1.807, 2.05) is 31.2 Å². The molecule has 5 heteroatoms. The van der Waals surface area contributed by atoms with Crippen LogP contribution in [0.3, 0.4) is 0 Å². The molecule has 2 unspecified atom stereocenters. The van der Waals surface area contributed by atoms with E-state index in [9.17, 15) is 9.59 Å². The number of nitrogens with zero attached hydrogens (tertiary/aromatic N) is 1. The lowest BCUT2D eigenvalue weighted by Gasteiger charge is -2.34. The second kappa shape index (κ2) is 6.72. The molecule has 0 bridgehead atoms. The van der Waals surface area contributed by atoms with Crippen molar-refractivity contribution in [2.75, 3.05) is 13.1 Å². The molecule has 1 aromatic rings. The molecular formula is C16H23N3O2. The number of benzene rings is 1. The van der Waals surface area contributed by atoms with Crippen molar-refractivity contribution in [3.63, 3.8) is 0 Å². The van der Waals surface area contributed by atoms with Crippen LogP contribution in [0.2, 0.25) is 0 Å². The van der Waals surface area contributed by atoms with Crippen LogP contribution in [0.1, 0.15) is 36.4 Å². The summed E-state index contributed by atoms with van der Waals surface area (Å²) in [6, 6.07) is 7.05. The van der Waals surface area contributed by atoms with E-state index in [1.54, 1.807) is 4.90 Å². The lowest BCUT2D eigenvalue weighted by molar-refractivity contribution is -0.135. The molecule has 1 fully saturated rings. The monoisotopic (exact) mass is 289 g/mol. The molecule has 2 rings (SSSR count). The van der Waals surface area contributed by atoms with E-state index < -0.39 is 6.04 Å². The third kappa shape index (κ3) is 4.04. The molecule has 21 heavy (non-hydrogen) atoms. The molecule has 4 N–H and O–H groups in total. The van der Waals surface area contributed by atoms with Crippen LogP contribution in [0.5, 0.6) is 0 Å². The van der Waals surface area contributed by atoms with Crippen molar-refractivity contribution >= 4 is 11.8 Å². The number of hydrogen-bond acceptors (Lipinski definition) is 3. The minimum atomic E-state index is -0.641. The number of rotatable bonds is 4. The van der Waals surface area contributed by atoms with Crippen LogP contribution >= 0.6 is 0 Å². The van der Waals surface area contributed by atoms with E-state index in [1.165, 1.54) is 0 Å². The fraction of sp³-hybridized carbons (Fsp3) is 0.500. The highest BCUT2D eigenvalue weighted by Gasteiger charge is 2.28. The molecule has 0 spiro atoms. The molecule has 0 aliphatic carbocycles. The van der Waals surface area contributed by atoms with E-state index in [2.05, 4.69) is 0 Å². The van der Waals surface area contributed by atoms with Gasteiger partial charge in [0.05, 0.1) is 0 Å². The smallest absolute Gasteiger partial charge is 0.244 e. The quantitative estimate of drug-likeness (QED) is 0.870. The van der Waals surface area contributed by atoms with Gasteiger partial charge in [-0.05, 0) is 31.2 Å². The zero-order valence-corrected chi connectivity index (χ0v) is 12.4. The Morgan fingerprint density at radius 2 is 2.00 bits per heavy atom. The number of aryl methyl sites for hydroxylation is 1. The van der Waals surface area contributed by atoms with Gasteiger partial charge in [-0.25, -0.2) is 0 Å². The number of likely N-dealkylation sites (tertiary alicyclic amines) is 1. The van der Waals surface area contributed by atoms with Crippen LogP contribution < -0.4 is 11.5 Å². The van der Waals surface area contributed by atoms with Gasteiger partial charge in [-0.1, -0.05) is 29.8 Å². The Balaban J connectivity index is 2.01. The van der Waals surface area contributed by atoms with Crippen LogP contribution in [-0.2, 0) is 9.59 Å². The number of carbonyl (C=O) groups is 2. The van der Waals surface area contributed by atoms with Crippen LogP contribution in [0.15, 0.2) is 24.3 Å². The summed E-state index contributed by atoms with van der Waals surface area (Å²) < 4.78 is 0. The lowest BCUT2D eigenvalue weighted by Crippen LogP contribution is -2.45. The van der Waals surface area contributed by atoms with Crippen molar-refractivity contribution in [2.45, 2.75) is 32.2 Å². The lowest BCUT2D eigenvalue weighted by atomic mass is 9.93. The normalized spacial score (nSPS) is 20.1. The predicted octanol–water partition coefficient (Wildman–Crippen LogP) is 1.11. The first-order valence-corrected chi connectivity index (χ1v) is 7.36. The van der Waals surface area contributed by atoms with Gasteiger partial charge in [-0.2, -0.15) is 0 Å². The van der Waals surface area contributed by atoms with Crippen molar-refractivity contribution in [2.24, 2.45) is 17.4 Å². The molecule has 1 aromatic carbocycles. The summed E-state index contributed by atoms with van der Waals surface area (Å²) in [5, 5.41) is 0. The van der Waals surface area contributed by atoms with Gasteiger partial charge >= 0.3 is 0 Å². The molecule has 1 heterocycles. The van der Waals surface area contributed by atoms with Gasteiger partial charge in [-0.3, -0.25) is 9.59 Å². The molecule has 1 aliphatic heterocycles. The van der Waals surface area contributed by atoms with Crippen LogP contribution in [0.25, 0.3) is 0 Å². The fourth-order valence-corrected chi connectivity index (χ4v) is 2.83. The summed E-state index contributed by atoms with van der Waals surface area (Å²) >= 11 is 0. The summed E-state index contributed by atoms with van der Waals surface area (Å²) in [4.78, 5) is 25.3. The van der Waals surface area contributed by atoms with E-state index in [4.69, 9.17) is 11.5 Å². The minimum Gasteiger partial charge on any atom is -0.370 e. The predicted molar refractivity (Wildman–Crippen MR) is 81.2 cm³/mol. The van der Waals surface area contributed by atoms with E-state index in [-0.39, 0.29) is 17.7 Å². The van der Waals surface area contributed by atoms with Crippen LogP contribution in [-0.4, -0.2) is 29.8 Å². The minimum absolute atomic E-state index is 0.0759. The molecule has 0 aromatic heterocycles. The molecule has 0 saturated carbocycles. The third-order valence-corrected chi connectivity index (χ3v) is 4.02. The van der Waals surface area contributed by atoms with Gasteiger partial charge in [0, 0.05) is 19.5 Å². The molecule has 1 saturated heterocycles. The van der Waals surface area contributed by atoms with Crippen molar-refractivity contribution in [1.82, 2.24) is 4.90 Å².